The highest BCUT2D eigenvalue weighted by atomic mass is 16.5. The fraction of sp³-hybridized carbons (Fsp3) is 0.222. The first-order chi connectivity index (χ1) is 7.67. The van der Waals surface area contributed by atoms with E-state index >= 15 is 0 Å². The van der Waals surface area contributed by atoms with Crippen LogP contribution in [0.4, 0.5) is 17.5 Å². The van der Waals surface area contributed by atoms with E-state index in [0.717, 1.165) is 5.69 Å². The summed E-state index contributed by atoms with van der Waals surface area (Å²) in [5, 5.41) is 7.07. The van der Waals surface area contributed by atoms with Gasteiger partial charge in [-0.3, -0.25) is 4.68 Å². The average Bonchev–Trinajstić information content (AvgIpc) is 2.63. The zero-order chi connectivity index (χ0) is 11.5. The van der Waals surface area contributed by atoms with E-state index in [1.807, 2.05) is 13.2 Å². The van der Waals surface area contributed by atoms with Crippen LogP contribution in [0.5, 0.6) is 5.88 Å². The third-order valence-electron chi connectivity index (χ3n) is 1.91. The fourth-order valence-electron chi connectivity index (χ4n) is 1.25. The maximum Gasteiger partial charge on any atom is 0.225 e. The van der Waals surface area contributed by atoms with Crippen molar-refractivity contribution in [3.05, 3.63) is 18.5 Å². The summed E-state index contributed by atoms with van der Waals surface area (Å²) in [4.78, 5) is 7.91. The summed E-state index contributed by atoms with van der Waals surface area (Å²) in [6.07, 6.45) is 3.51. The zero-order valence-electron chi connectivity index (χ0n) is 9.01. The summed E-state index contributed by atoms with van der Waals surface area (Å²) in [6, 6.07) is 1.66. The standard InChI is InChI=1S/C9H12N6O/c1-15-5-6(4-11-15)12-7-3-8(16-2)14-9(10)13-7/h3-5H,1-2H3,(H3,10,12,13,14). The normalized spacial score (nSPS) is 10.1. The second-order valence-electron chi connectivity index (χ2n) is 3.18. The zero-order valence-corrected chi connectivity index (χ0v) is 9.01. The highest BCUT2D eigenvalue weighted by Gasteiger charge is 2.03. The molecule has 0 aliphatic heterocycles. The quantitative estimate of drug-likeness (QED) is 0.784. The maximum atomic E-state index is 5.53. The molecule has 0 radical (unpaired) electrons. The van der Waals surface area contributed by atoms with Crippen LogP contribution in [0, 0.1) is 0 Å². The predicted octanol–water partition coefficient (Wildman–Crippen LogP) is 0.544. The van der Waals surface area contributed by atoms with Gasteiger partial charge in [0, 0.05) is 19.3 Å². The maximum absolute atomic E-state index is 5.53. The van der Waals surface area contributed by atoms with Gasteiger partial charge in [0.15, 0.2) is 0 Å². The van der Waals surface area contributed by atoms with Crippen molar-refractivity contribution in [3.8, 4) is 5.88 Å². The predicted molar refractivity (Wildman–Crippen MR) is 59.5 cm³/mol. The average molecular weight is 220 g/mol. The van der Waals surface area contributed by atoms with E-state index in [9.17, 15) is 0 Å². The van der Waals surface area contributed by atoms with Crippen LogP contribution in [0.15, 0.2) is 18.5 Å². The van der Waals surface area contributed by atoms with Crippen molar-refractivity contribution in [2.75, 3.05) is 18.2 Å². The van der Waals surface area contributed by atoms with E-state index in [-0.39, 0.29) is 5.95 Å². The minimum Gasteiger partial charge on any atom is -0.481 e. The molecule has 0 spiro atoms. The lowest BCUT2D eigenvalue weighted by Crippen LogP contribution is -2.01. The Morgan fingerprint density at radius 1 is 1.44 bits per heavy atom. The van der Waals surface area contributed by atoms with Crippen LogP contribution in [0.2, 0.25) is 0 Å². The minimum absolute atomic E-state index is 0.158. The molecule has 7 heteroatoms. The number of nitrogen functional groups attached to an aromatic ring is 1. The van der Waals surface area contributed by atoms with Crippen molar-refractivity contribution in [3.63, 3.8) is 0 Å². The van der Waals surface area contributed by atoms with E-state index in [0.29, 0.717) is 11.7 Å². The van der Waals surface area contributed by atoms with Crippen molar-refractivity contribution >= 4 is 17.5 Å². The molecule has 0 aliphatic rings. The van der Waals surface area contributed by atoms with Gasteiger partial charge in [0.25, 0.3) is 0 Å². The number of aromatic nitrogens is 4. The van der Waals surface area contributed by atoms with Crippen LogP contribution < -0.4 is 15.8 Å². The van der Waals surface area contributed by atoms with Gasteiger partial charge < -0.3 is 15.8 Å². The fourth-order valence-corrected chi connectivity index (χ4v) is 1.25. The highest BCUT2D eigenvalue weighted by Crippen LogP contribution is 2.18. The van der Waals surface area contributed by atoms with Gasteiger partial charge in [0.2, 0.25) is 11.8 Å². The van der Waals surface area contributed by atoms with Crippen molar-refractivity contribution in [1.82, 2.24) is 19.7 Å². The molecule has 0 saturated carbocycles. The summed E-state index contributed by atoms with van der Waals surface area (Å²) >= 11 is 0. The lowest BCUT2D eigenvalue weighted by atomic mass is 10.5. The topological polar surface area (TPSA) is 90.9 Å². The molecule has 3 N–H and O–H groups in total. The Balaban J connectivity index is 2.24. The van der Waals surface area contributed by atoms with Gasteiger partial charge in [-0.1, -0.05) is 0 Å². The summed E-state index contributed by atoms with van der Waals surface area (Å²) < 4.78 is 6.67. The van der Waals surface area contributed by atoms with Gasteiger partial charge >= 0.3 is 0 Å². The number of anilines is 3. The number of nitrogens with two attached hydrogens (primary N) is 1. The van der Waals surface area contributed by atoms with Crippen LogP contribution in [0.25, 0.3) is 0 Å². The summed E-state index contributed by atoms with van der Waals surface area (Å²) in [7, 11) is 3.36. The Labute approximate surface area is 92.3 Å². The molecule has 2 aromatic heterocycles. The number of ether oxygens (including phenoxy) is 1. The molecule has 0 amide bonds. The van der Waals surface area contributed by atoms with Crippen LogP contribution in [0.1, 0.15) is 0 Å². The highest BCUT2D eigenvalue weighted by molar-refractivity contribution is 5.56. The number of nitrogens with zero attached hydrogens (tertiary/aromatic N) is 4. The van der Waals surface area contributed by atoms with Crippen LogP contribution in [-0.2, 0) is 7.05 Å². The molecule has 2 rings (SSSR count). The smallest absolute Gasteiger partial charge is 0.225 e. The second-order valence-corrected chi connectivity index (χ2v) is 3.18. The first-order valence-electron chi connectivity index (χ1n) is 4.61. The number of methoxy groups -OCH3 is 1. The number of rotatable bonds is 3. The van der Waals surface area contributed by atoms with E-state index < -0.39 is 0 Å². The van der Waals surface area contributed by atoms with Crippen molar-refractivity contribution in [2.45, 2.75) is 0 Å². The molecule has 0 saturated heterocycles. The lowest BCUT2D eigenvalue weighted by Gasteiger charge is -2.05. The molecular formula is C9H12N6O. The molecular weight excluding hydrogens is 208 g/mol. The monoisotopic (exact) mass is 220 g/mol. The molecule has 0 aromatic carbocycles. The van der Waals surface area contributed by atoms with Crippen LogP contribution in [-0.4, -0.2) is 26.9 Å². The van der Waals surface area contributed by atoms with Gasteiger partial charge in [0.05, 0.1) is 19.0 Å². The third-order valence-corrected chi connectivity index (χ3v) is 1.91. The Morgan fingerprint density at radius 2 is 2.25 bits per heavy atom. The Bertz CT molecular complexity index is 494. The first-order valence-corrected chi connectivity index (χ1v) is 4.61. The van der Waals surface area contributed by atoms with Crippen LogP contribution >= 0.6 is 0 Å². The number of hydrogen-bond acceptors (Lipinski definition) is 6. The molecule has 0 fully saturated rings. The van der Waals surface area contributed by atoms with E-state index in [4.69, 9.17) is 10.5 Å². The van der Waals surface area contributed by atoms with Gasteiger partial charge in [-0.05, 0) is 0 Å². The first kappa shape index (κ1) is 10.2. The van der Waals surface area contributed by atoms with Gasteiger partial charge in [-0.2, -0.15) is 15.1 Å². The molecule has 0 bridgehead atoms. The number of nitrogens with one attached hydrogen (secondary N) is 1. The van der Waals surface area contributed by atoms with Crippen molar-refractivity contribution in [1.29, 1.82) is 0 Å². The molecule has 0 atom stereocenters. The summed E-state index contributed by atoms with van der Waals surface area (Å²) in [5.74, 6) is 1.14. The second kappa shape index (κ2) is 4.05. The molecule has 2 aromatic rings. The molecule has 0 aliphatic carbocycles. The molecule has 2 heterocycles. The molecule has 7 nitrogen and oxygen atoms in total. The number of aryl methyl sites for hydroxylation is 1. The molecule has 0 unspecified atom stereocenters. The third kappa shape index (κ3) is 2.19. The number of hydrogen-bond donors (Lipinski definition) is 2. The lowest BCUT2D eigenvalue weighted by molar-refractivity contribution is 0.398. The van der Waals surface area contributed by atoms with Gasteiger partial charge in [0.1, 0.15) is 5.82 Å². The molecule has 16 heavy (non-hydrogen) atoms. The Morgan fingerprint density at radius 3 is 2.88 bits per heavy atom. The molecule has 84 valence electrons. The van der Waals surface area contributed by atoms with Crippen LogP contribution in [0.3, 0.4) is 0 Å². The Hall–Kier alpha value is -2.31. The SMILES string of the molecule is COc1cc(Nc2cnn(C)c2)nc(N)n1. The summed E-state index contributed by atoms with van der Waals surface area (Å²) in [5.41, 5.74) is 6.35. The summed E-state index contributed by atoms with van der Waals surface area (Å²) in [6.45, 7) is 0. The Kier molecular flexibility index (Phi) is 2.59. The largest absolute Gasteiger partial charge is 0.481 e. The van der Waals surface area contributed by atoms with Crippen molar-refractivity contribution in [2.24, 2.45) is 7.05 Å². The van der Waals surface area contributed by atoms with E-state index in [1.54, 1.807) is 16.9 Å². The van der Waals surface area contributed by atoms with E-state index in [2.05, 4.69) is 20.4 Å². The van der Waals surface area contributed by atoms with E-state index in [1.165, 1.54) is 7.11 Å². The van der Waals surface area contributed by atoms with Crippen molar-refractivity contribution < 1.29 is 4.74 Å². The minimum atomic E-state index is 0.158. The van der Waals surface area contributed by atoms with Gasteiger partial charge in [-0.25, -0.2) is 0 Å². The van der Waals surface area contributed by atoms with Gasteiger partial charge in [-0.15, -0.1) is 0 Å².